The van der Waals surface area contributed by atoms with Crippen LogP contribution in [0.2, 0.25) is 0 Å². The van der Waals surface area contributed by atoms with Gasteiger partial charge < -0.3 is 14.7 Å². The summed E-state index contributed by atoms with van der Waals surface area (Å²) in [5, 5.41) is 19.1. The molecular formula is C21H20F2N4O6S. The van der Waals surface area contributed by atoms with Crippen molar-refractivity contribution in [1.29, 1.82) is 5.26 Å². The monoisotopic (exact) mass is 494 g/mol. The van der Waals surface area contributed by atoms with Crippen molar-refractivity contribution in [2.75, 3.05) is 25.1 Å². The topological polar surface area (TPSA) is 150 Å². The van der Waals surface area contributed by atoms with Gasteiger partial charge in [-0.15, -0.1) is 0 Å². The van der Waals surface area contributed by atoms with Crippen LogP contribution in [0, 0.1) is 28.9 Å². The van der Waals surface area contributed by atoms with Gasteiger partial charge in [-0.1, -0.05) is 13.0 Å². The fraction of sp³-hybridized carbons (Fsp3) is 0.333. The van der Waals surface area contributed by atoms with Crippen LogP contribution in [0.3, 0.4) is 0 Å². The van der Waals surface area contributed by atoms with Gasteiger partial charge in [-0.3, -0.25) is 9.52 Å². The number of ether oxygens (including phenoxy) is 1. The molecule has 1 aliphatic heterocycles. The summed E-state index contributed by atoms with van der Waals surface area (Å²) in [6, 6.07) is 4.58. The number of carbonyl (C=O) groups is 2. The van der Waals surface area contributed by atoms with Gasteiger partial charge in [0.15, 0.2) is 17.5 Å². The Morgan fingerprint density at radius 1 is 1.32 bits per heavy atom. The number of nitrogens with zero attached hydrogens (tertiary/aromatic N) is 3. The molecule has 1 amide bonds. The minimum absolute atomic E-state index is 0.0208. The van der Waals surface area contributed by atoms with E-state index in [9.17, 15) is 37.2 Å². The number of sulfonamides is 1. The third-order valence-corrected chi connectivity index (χ3v) is 6.50. The minimum Gasteiger partial charge on any atom is -0.480 e. The van der Waals surface area contributed by atoms with Crippen molar-refractivity contribution in [3.05, 3.63) is 52.1 Å². The van der Waals surface area contributed by atoms with Crippen LogP contribution < -0.4 is 14.4 Å². The van der Waals surface area contributed by atoms with Crippen molar-refractivity contribution in [1.82, 2.24) is 9.71 Å². The maximum absolute atomic E-state index is 13.3. The zero-order valence-corrected chi connectivity index (χ0v) is 18.9. The van der Waals surface area contributed by atoms with Crippen LogP contribution in [-0.4, -0.2) is 50.6 Å². The molecule has 1 aliphatic rings. The largest absolute Gasteiger partial charge is 0.480 e. The number of halogens is 2. The van der Waals surface area contributed by atoms with Crippen LogP contribution in [0.15, 0.2) is 18.2 Å². The molecule has 1 aromatic carbocycles. The van der Waals surface area contributed by atoms with Crippen LogP contribution in [0.5, 0.6) is 5.88 Å². The van der Waals surface area contributed by atoms with Gasteiger partial charge in [-0.25, -0.2) is 22.0 Å². The lowest BCUT2D eigenvalue weighted by molar-refractivity contribution is -0.123. The first-order chi connectivity index (χ1) is 16.0. The van der Waals surface area contributed by atoms with Crippen LogP contribution in [0.4, 0.5) is 14.6 Å². The first-order valence-corrected chi connectivity index (χ1v) is 11.6. The van der Waals surface area contributed by atoms with E-state index >= 15 is 0 Å². The van der Waals surface area contributed by atoms with Crippen LogP contribution in [0.25, 0.3) is 0 Å². The molecule has 0 saturated carbocycles. The fourth-order valence-electron chi connectivity index (χ4n) is 3.60. The van der Waals surface area contributed by atoms with Crippen molar-refractivity contribution in [2.45, 2.75) is 19.1 Å². The third-order valence-electron chi connectivity index (χ3n) is 5.27. The highest BCUT2D eigenvalue weighted by Crippen LogP contribution is 2.34. The summed E-state index contributed by atoms with van der Waals surface area (Å²) in [4.78, 5) is 29.8. The molecule has 13 heteroatoms. The molecule has 0 aliphatic carbocycles. The fourth-order valence-corrected chi connectivity index (χ4v) is 4.77. The molecule has 0 spiro atoms. The Balaban J connectivity index is 1.74. The van der Waals surface area contributed by atoms with Gasteiger partial charge in [0, 0.05) is 13.1 Å². The van der Waals surface area contributed by atoms with E-state index in [1.165, 1.54) is 12.0 Å². The van der Waals surface area contributed by atoms with Crippen molar-refractivity contribution in [3.63, 3.8) is 0 Å². The summed E-state index contributed by atoms with van der Waals surface area (Å²) in [5.74, 6) is -5.95. The molecule has 2 N–H and O–H groups in total. The highest BCUT2D eigenvalue weighted by atomic mass is 32.2. The molecule has 2 aromatic rings. The summed E-state index contributed by atoms with van der Waals surface area (Å²) in [6.07, 6.45) is 0.219. The Morgan fingerprint density at radius 3 is 2.53 bits per heavy atom. The van der Waals surface area contributed by atoms with E-state index in [2.05, 4.69) is 4.98 Å². The Labute approximate surface area is 193 Å². The van der Waals surface area contributed by atoms with Gasteiger partial charge >= 0.3 is 5.97 Å². The molecular weight excluding hydrogens is 474 g/mol. The molecule has 1 fully saturated rings. The number of rotatable bonds is 8. The van der Waals surface area contributed by atoms with Crippen LogP contribution in [-0.2, 0) is 27.0 Å². The molecule has 0 bridgehead atoms. The lowest BCUT2D eigenvalue weighted by Gasteiger charge is -2.39. The summed E-state index contributed by atoms with van der Waals surface area (Å²) in [5.41, 5.74) is 0.0165. The number of aromatic carboxylic acids is 1. The van der Waals surface area contributed by atoms with Crippen LogP contribution >= 0.6 is 0 Å². The average molecular weight is 494 g/mol. The van der Waals surface area contributed by atoms with E-state index in [4.69, 9.17) is 4.74 Å². The molecule has 180 valence electrons. The maximum atomic E-state index is 13.3. The van der Waals surface area contributed by atoms with E-state index < -0.39 is 45.2 Å². The third kappa shape index (κ3) is 4.91. The summed E-state index contributed by atoms with van der Waals surface area (Å²) in [6.45, 7) is 1.72. The Hall–Kier alpha value is -3.79. The van der Waals surface area contributed by atoms with E-state index in [0.717, 1.165) is 18.2 Å². The highest BCUT2D eigenvalue weighted by Gasteiger charge is 2.38. The molecule has 0 atom stereocenters. The zero-order valence-electron chi connectivity index (χ0n) is 18.1. The first-order valence-electron chi connectivity index (χ1n) is 9.98. The number of benzene rings is 1. The normalized spacial score (nSPS) is 13.7. The van der Waals surface area contributed by atoms with E-state index in [1.807, 2.05) is 10.8 Å². The molecule has 3 rings (SSSR count). The Bertz CT molecular complexity index is 1300. The number of carboxylic acids is 1. The van der Waals surface area contributed by atoms with Crippen LogP contribution in [0.1, 0.15) is 34.0 Å². The second kappa shape index (κ2) is 9.60. The number of nitrogens with one attached hydrogen (secondary N) is 1. The SMILES string of the molecule is CCc1c(C#N)c(N2CC(C(=O)NS(=O)(=O)Cc3ccc(F)c(F)c3)C2)nc(OC)c1C(=O)O. The predicted molar refractivity (Wildman–Crippen MR) is 115 cm³/mol. The first kappa shape index (κ1) is 24.8. The number of hydrogen-bond donors (Lipinski definition) is 2. The average Bonchev–Trinajstić information content (AvgIpc) is 2.73. The molecule has 1 aromatic heterocycles. The maximum Gasteiger partial charge on any atom is 0.341 e. The number of pyridine rings is 1. The molecule has 2 heterocycles. The standard InChI is InChI=1S/C21H20F2N4O6S/c1-3-13-14(7-24)18(25-20(33-2)17(13)21(29)30)27-8-12(9-27)19(28)26-34(31,32)10-11-4-5-15(22)16(23)6-11/h4-6,12H,3,8-10H2,1-2H3,(H,26,28)(H,29,30). The van der Waals surface area contributed by atoms with Gasteiger partial charge in [0.05, 0.1) is 24.3 Å². The van der Waals surface area contributed by atoms with Gasteiger partial charge in [-0.05, 0) is 29.7 Å². The van der Waals surface area contributed by atoms with Gasteiger partial charge in [0.25, 0.3) is 0 Å². The smallest absolute Gasteiger partial charge is 0.341 e. The Kier molecular flexibility index (Phi) is 7.01. The number of aromatic nitrogens is 1. The number of amides is 1. The number of carbonyl (C=O) groups excluding carboxylic acids is 1. The Morgan fingerprint density at radius 2 is 2.00 bits per heavy atom. The number of methoxy groups -OCH3 is 1. The van der Waals surface area contributed by atoms with Crippen molar-refractivity contribution in [2.24, 2.45) is 5.92 Å². The second-order valence-electron chi connectivity index (χ2n) is 7.52. The molecule has 0 radical (unpaired) electrons. The van der Waals surface area contributed by atoms with Crippen molar-refractivity contribution in [3.8, 4) is 11.9 Å². The van der Waals surface area contributed by atoms with E-state index in [1.54, 1.807) is 6.92 Å². The second-order valence-corrected chi connectivity index (χ2v) is 9.24. The molecule has 10 nitrogen and oxygen atoms in total. The zero-order chi connectivity index (χ0) is 25.2. The molecule has 0 unspecified atom stereocenters. The highest BCUT2D eigenvalue weighted by molar-refractivity contribution is 7.89. The summed E-state index contributed by atoms with van der Waals surface area (Å²) in [7, 11) is -2.93. The number of nitriles is 1. The van der Waals surface area contributed by atoms with Gasteiger partial charge in [-0.2, -0.15) is 10.2 Å². The van der Waals surface area contributed by atoms with E-state index in [0.29, 0.717) is 0 Å². The van der Waals surface area contributed by atoms with Gasteiger partial charge in [0.1, 0.15) is 11.6 Å². The number of carboxylic acid groups (broad SMARTS) is 1. The number of hydrogen-bond acceptors (Lipinski definition) is 8. The predicted octanol–water partition coefficient (Wildman–Crippen LogP) is 1.58. The summed E-state index contributed by atoms with van der Waals surface area (Å²) >= 11 is 0. The quantitative estimate of drug-likeness (QED) is 0.558. The van der Waals surface area contributed by atoms with E-state index in [-0.39, 0.29) is 53.5 Å². The summed E-state index contributed by atoms with van der Waals surface area (Å²) < 4.78 is 57.9. The minimum atomic E-state index is -4.18. The lowest BCUT2D eigenvalue weighted by atomic mass is 9.96. The van der Waals surface area contributed by atoms with Crippen molar-refractivity contribution >= 4 is 27.7 Å². The molecule has 1 saturated heterocycles. The lowest BCUT2D eigenvalue weighted by Crippen LogP contribution is -2.55. The molecule has 34 heavy (non-hydrogen) atoms. The number of anilines is 1. The van der Waals surface area contributed by atoms with Gasteiger partial charge in [0.2, 0.25) is 21.8 Å². The van der Waals surface area contributed by atoms with Crippen molar-refractivity contribution < 1.29 is 36.6 Å².